The van der Waals surface area contributed by atoms with Crippen LogP contribution in [0.4, 0.5) is 0 Å². The number of aryl methyl sites for hydroxylation is 2. The number of halogens is 4. The molecular formula is C40H36Br2Cl2N8O2. The summed E-state index contributed by atoms with van der Waals surface area (Å²) in [6, 6.07) is 23.2. The molecule has 0 saturated carbocycles. The Kier molecular flexibility index (Phi) is 11.6. The molecule has 8 aromatic rings. The van der Waals surface area contributed by atoms with E-state index in [0.717, 1.165) is 90.7 Å². The van der Waals surface area contributed by atoms with Gasteiger partial charge in [0.05, 0.1) is 56.7 Å². The fraction of sp³-hybridized carbons (Fsp3) is 0.250. The van der Waals surface area contributed by atoms with Crippen molar-refractivity contribution in [1.29, 1.82) is 0 Å². The molecule has 0 fully saturated rings. The maximum Gasteiger partial charge on any atom is 0.183 e. The standard InChI is InChI=1S/2C20H18BrClN4O/c1-3-4-9-27-14-6-7-16(22)15(11-14)20-25-24-19-12(2)23-17-10-13(21)5-8-18(17)26(19)20;1-3-4-9-27-14-6-7-16(22)15(11-14)20-25-24-19-12(2)23-17-8-5-13(21)10-18(17)26(19)20/h2*5-8,10-11H,3-4,9H2,1-2H3. The van der Waals surface area contributed by atoms with Crippen LogP contribution in [0.3, 0.4) is 0 Å². The summed E-state index contributed by atoms with van der Waals surface area (Å²) in [7, 11) is 0. The summed E-state index contributed by atoms with van der Waals surface area (Å²) in [5.41, 5.74) is 8.19. The van der Waals surface area contributed by atoms with Crippen molar-refractivity contribution < 1.29 is 9.47 Å². The quantitative estimate of drug-likeness (QED) is 0.125. The molecule has 0 amide bonds. The first-order chi connectivity index (χ1) is 26.2. The normalized spacial score (nSPS) is 11.4. The van der Waals surface area contributed by atoms with Crippen LogP contribution in [0.1, 0.15) is 50.9 Å². The predicted octanol–water partition coefficient (Wildman–Crippen LogP) is 11.7. The van der Waals surface area contributed by atoms with Crippen LogP contribution in [-0.4, -0.2) is 52.4 Å². The van der Waals surface area contributed by atoms with Gasteiger partial charge < -0.3 is 9.47 Å². The number of ether oxygens (including phenoxy) is 2. The largest absolute Gasteiger partial charge is 0.494 e. The number of hydrogen-bond donors (Lipinski definition) is 0. The molecule has 0 saturated heterocycles. The lowest BCUT2D eigenvalue weighted by atomic mass is 10.2. The molecule has 8 rings (SSSR count). The van der Waals surface area contributed by atoms with E-state index in [4.69, 9.17) is 32.7 Å². The minimum atomic E-state index is 0.602. The smallest absolute Gasteiger partial charge is 0.183 e. The molecule has 0 spiro atoms. The Morgan fingerprint density at radius 1 is 0.574 bits per heavy atom. The minimum Gasteiger partial charge on any atom is -0.494 e. The summed E-state index contributed by atoms with van der Waals surface area (Å²) in [4.78, 5) is 9.29. The van der Waals surface area contributed by atoms with Gasteiger partial charge >= 0.3 is 0 Å². The van der Waals surface area contributed by atoms with Gasteiger partial charge in [-0.1, -0.05) is 81.8 Å². The average molecular weight is 891 g/mol. The molecule has 0 unspecified atom stereocenters. The maximum absolute atomic E-state index is 6.51. The van der Waals surface area contributed by atoms with E-state index >= 15 is 0 Å². The van der Waals surface area contributed by atoms with Crippen molar-refractivity contribution in [3.05, 3.63) is 103 Å². The van der Waals surface area contributed by atoms with Gasteiger partial charge in [0, 0.05) is 20.1 Å². The zero-order valence-corrected chi connectivity index (χ0v) is 34.8. The third-order valence-electron chi connectivity index (χ3n) is 8.80. The third-order valence-corrected chi connectivity index (χ3v) is 10.4. The van der Waals surface area contributed by atoms with Crippen LogP contribution < -0.4 is 9.47 Å². The summed E-state index contributed by atoms with van der Waals surface area (Å²) < 4.78 is 17.6. The van der Waals surface area contributed by atoms with Crippen molar-refractivity contribution in [3.63, 3.8) is 0 Å². The molecular weight excluding hydrogens is 855 g/mol. The monoisotopic (exact) mass is 888 g/mol. The van der Waals surface area contributed by atoms with Gasteiger partial charge in [-0.2, -0.15) is 0 Å². The van der Waals surface area contributed by atoms with Crippen molar-refractivity contribution >= 4 is 88.4 Å². The number of rotatable bonds is 10. The van der Waals surface area contributed by atoms with E-state index in [0.29, 0.717) is 46.2 Å². The number of hydrogen-bond acceptors (Lipinski definition) is 8. The highest BCUT2D eigenvalue weighted by atomic mass is 79.9. The van der Waals surface area contributed by atoms with Crippen LogP contribution in [0.2, 0.25) is 10.0 Å². The lowest BCUT2D eigenvalue weighted by Gasteiger charge is -2.10. The van der Waals surface area contributed by atoms with Crippen LogP contribution in [0, 0.1) is 13.8 Å². The summed E-state index contributed by atoms with van der Waals surface area (Å²) in [5.74, 6) is 2.89. The third kappa shape index (κ3) is 7.75. The highest BCUT2D eigenvalue weighted by Gasteiger charge is 2.19. The van der Waals surface area contributed by atoms with Gasteiger partial charge in [-0.25, -0.2) is 9.97 Å². The summed E-state index contributed by atoms with van der Waals surface area (Å²) in [6.07, 6.45) is 4.19. The van der Waals surface area contributed by atoms with Gasteiger partial charge in [0.1, 0.15) is 11.5 Å². The first-order valence-corrected chi connectivity index (χ1v) is 20.0. The number of fused-ring (bicyclic) bond motifs is 6. The fourth-order valence-corrected chi connectivity index (χ4v) is 7.15. The summed E-state index contributed by atoms with van der Waals surface area (Å²) in [6.45, 7) is 9.49. The van der Waals surface area contributed by atoms with Crippen molar-refractivity contribution in [1.82, 2.24) is 39.2 Å². The lowest BCUT2D eigenvalue weighted by molar-refractivity contribution is 0.309. The van der Waals surface area contributed by atoms with Gasteiger partial charge in [-0.15, -0.1) is 20.4 Å². The lowest BCUT2D eigenvalue weighted by Crippen LogP contribution is -1.99. The molecule has 276 valence electrons. The number of benzene rings is 4. The first-order valence-electron chi connectivity index (χ1n) is 17.6. The van der Waals surface area contributed by atoms with Crippen molar-refractivity contribution in [2.75, 3.05) is 13.2 Å². The average Bonchev–Trinajstić information content (AvgIpc) is 3.81. The van der Waals surface area contributed by atoms with Crippen LogP contribution >= 0.6 is 55.1 Å². The van der Waals surface area contributed by atoms with Crippen LogP contribution in [-0.2, 0) is 0 Å². The van der Waals surface area contributed by atoms with Gasteiger partial charge in [0.15, 0.2) is 22.9 Å². The van der Waals surface area contributed by atoms with Gasteiger partial charge in [0.2, 0.25) is 0 Å². The molecule has 0 bridgehead atoms. The molecule has 0 N–H and O–H groups in total. The van der Waals surface area contributed by atoms with E-state index in [1.54, 1.807) is 0 Å². The molecule has 0 radical (unpaired) electrons. The molecule has 54 heavy (non-hydrogen) atoms. The van der Waals surface area contributed by atoms with Crippen molar-refractivity contribution in [2.24, 2.45) is 0 Å². The molecule has 10 nitrogen and oxygen atoms in total. The molecule has 4 heterocycles. The Morgan fingerprint density at radius 3 is 1.63 bits per heavy atom. The molecule has 0 atom stereocenters. The van der Waals surface area contributed by atoms with Crippen LogP contribution in [0.15, 0.2) is 81.7 Å². The van der Waals surface area contributed by atoms with Gasteiger partial charge in [0.25, 0.3) is 0 Å². The molecule has 0 aliphatic carbocycles. The number of nitrogens with zero attached hydrogens (tertiary/aromatic N) is 8. The second-order valence-corrected chi connectivity index (χ2v) is 15.4. The van der Waals surface area contributed by atoms with Crippen molar-refractivity contribution in [2.45, 2.75) is 53.4 Å². The summed E-state index contributed by atoms with van der Waals surface area (Å²) in [5, 5.41) is 18.8. The highest BCUT2D eigenvalue weighted by molar-refractivity contribution is 9.10. The second kappa shape index (κ2) is 16.6. The SMILES string of the molecule is CCCCOc1ccc(Cl)c(-c2nnc3c(C)nc4cc(Br)ccc4n23)c1.CCCCOc1ccc(Cl)c(-c2nnc3c(C)nc4ccc(Br)cc4n23)c1. The molecule has 0 aliphatic rings. The zero-order chi connectivity index (χ0) is 37.9. The molecule has 14 heteroatoms. The summed E-state index contributed by atoms with van der Waals surface area (Å²) >= 11 is 20.1. The van der Waals surface area contributed by atoms with E-state index in [9.17, 15) is 0 Å². The van der Waals surface area contributed by atoms with E-state index in [2.05, 4.69) is 76.1 Å². The van der Waals surface area contributed by atoms with Crippen molar-refractivity contribution in [3.8, 4) is 34.3 Å². The Morgan fingerprint density at radius 2 is 1.07 bits per heavy atom. The van der Waals surface area contributed by atoms with Crippen LogP contribution in [0.5, 0.6) is 11.5 Å². The van der Waals surface area contributed by atoms with Crippen LogP contribution in [0.25, 0.3) is 56.1 Å². The number of unbranched alkanes of at least 4 members (excludes halogenated alkanes) is 2. The van der Waals surface area contributed by atoms with E-state index in [1.807, 2.05) is 95.4 Å². The maximum atomic E-state index is 6.51. The Hall–Kier alpha value is -4.36. The van der Waals surface area contributed by atoms with E-state index in [-0.39, 0.29) is 0 Å². The number of aromatic nitrogens is 8. The molecule has 4 aromatic heterocycles. The van der Waals surface area contributed by atoms with Gasteiger partial charge in [-0.05, 0) is 99.5 Å². The second-order valence-electron chi connectivity index (χ2n) is 12.7. The molecule has 0 aliphatic heterocycles. The Labute approximate surface area is 339 Å². The highest BCUT2D eigenvalue weighted by Crippen LogP contribution is 2.35. The Balaban J connectivity index is 0.000000167. The van der Waals surface area contributed by atoms with E-state index < -0.39 is 0 Å². The molecule has 4 aromatic carbocycles. The zero-order valence-electron chi connectivity index (χ0n) is 30.1. The first kappa shape index (κ1) is 37.9. The Bertz CT molecular complexity index is 2650. The minimum absolute atomic E-state index is 0.602. The van der Waals surface area contributed by atoms with Gasteiger partial charge in [-0.3, -0.25) is 8.80 Å². The fourth-order valence-electron chi connectivity index (χ4n) is 6.05. The van der Waals surface area contributed by atoms with E-state index in [1.165, 1.54) is 0 Å². The predicted molar refractivity (Wildman–Crippen MR) is 223 cm³/mol. The topological polar surface area (TPSA) is 105 Å².